The SMILES string of the molecule is COc1cc(CCO)c2c(c1OC)O[C@H]1c3c(cc(O[C@@H]4O[C@H](C(=O)O)[C@@H](O)[C@H](O)[C@H]4O)cc3-c3cccc(O)c3)OC[C@@H]21. The number of carbonyl (C=O) groups is 1. The zero-order chi connectivity index (χ0) is 31.3. The van der Waals surface area contributed by atoms with Crippen LogP contribution in [0.4, 0.5) is 0 Å². The van der Waals surface area contributed by atoms with Crippen LogP contribution in [0.15, 0.2) is 42.5 Å². The van der Waals surface area contributed by atoms with E-state index in [-0.39, 0.29) is 30.6 Å². The molecule has 0 saturated carbocycles. The Balaban J connectivity index is 1.45. The van der Waals surface area contributed by atoms with Crippen molar-refractivity contribution in [2.45, 2.75) is 49.1 Å². The second-order valence-electron chi connectivity index (χ2n) is 10.7. The Morgan fingerprint density at radius 1 is 1.00 bits per heavy atom. The molecule has 3 heterocycles. The molecule has 0 unspecified atom stereocenters. The molecule has 1 fully saturated rings. The monoisotopic (exact) mass is 612 g/mol. The molecule has 13 heteroatoms. The lowest BCUT2D eigenvalue weighted by molar-refractivity contribution is -0.271. The molecule has 0 bridgehead atoms. The van der Waals surface area contributed by atoms with Gasteiger partial charge in [-0.05, 0) is 47.4 Å². The van der Waals surface area contributed by atoms with Gasteiger partial charge in [0.25, 0.3) is 0 Å². The van der Waals surface area contributed by atoms with Crippen molar-refractivity contribution in [2.24, 2.45) is 0 Å². The number of phenols is 1. The lowest BCUT2D eigenvalue weighted by atomic mass is 9.83. The first-order chi connectivity index (χ1) is 21.2. The number of hydrogen-bond donors (Lipinski definition) is 6. The van der Waals surface area contributed by atoms with Gasteiger partial charge in [-0.25, -0.2) is 4.79 Å². The number of aliphatic carboxylic acids is 1. The predicted octanol–water partition coefficient (Wildman–Crippen LogP) is 1.49. The summed E-state index contributed by atoms with van der Waals surface area (Å²) in [6.07, 6.45) is -9.23. The van der Waals surface area contributed by atoms with Crippen LogP contribution in [0.25, 0.3) is 11.1 Å². The van der Waals surface area contributed by atoms with Crippen molar-refractivity contribution in [1.29, 1.82) is 0 Å². The Labute approximate surface area is 251 Å². The van der Waals surface area contributed by atoms with Gasteiger partial charge in [-0.1, -0.05) is 12.1 Å². The van der Waals surface area contributed by atoms with Crippen LogP contribution in [0.3, 0.4) is 0 Å². The Morgan fingerprint density at radius 3 is 2.48 bits per heavy atom. The van der Waals surface area contributed by atoms with E-state index in [1.54, 1.807) is 24.3 Å². The minimum absolute atomic E-state index is 0.00411. The van der Waals surface area contributed by atoms with E-state index in [1.165, 1.54) is 26.4 Å². The summed E-state index contributed by atoms with van der Waals surface area (Å²) in [5.41, 5.74) is 3.36. The molecule has 0 aromatic heterocycles. The van der Waals surface area contributed by atoms with Crippen LogP contribution in [0, 0.1) is 0 Å². The summed E-state index contributed by atoms with van der Waals surface area (Å²) >= 11 is 0. The number of methoxy groups -OCH3 is 2. The summed E-state index contributed by atoms with van der Waals surface area (Å²) in [5.74, 6) is -0.0922. The molecule has 3 aliphatic heterocycles. The van der Waals surface area contributed by atoms with Crippen molar-refractivity contribution >= 4 is 5.97 Å². The number of ether oxygens (including phenoxy) is 6. The van der Waals surface area contributed by atoms with Crippen LogP contribution < -0.4 is 23.7 Å². The second kappa shape index (κ2) is 11.7. The normalized spacial score (nSPS) is 26.8. The van der Waals surface area contributed by atoms with Crippen LogP contribution in [0.2, 0.25) is 0 Å². The summed E-state index contributed by atoms with van der Waals surface area (Å²) in [7, 11) is 3.02. The molecule has 13 nitrogen and oxygen atoms in total. The first-order valence-electron chi connectivity index (χ1n) is 13.9. The number of carboxylic acids is 1. The number of hydrogen-bond acceptors (Lipinski definition) is 12. The van der Waals surface area contributed by atoms with Gasteiger partial charge in [-0.3, -0.25) is 0 Å². The quantitative estimate of drug-likeness (QED) is 0.214. The van der Waals surface area contributed by atoms with Crippen molar-refractivity contribution in [3.63, 3.8) is 0 Å². The lowest BCUT2D eigenvalue weighted by Crippen LogP contribution is -2.61. The summed E-state index contributed by atoms with van der Waals surface area (Å²) in [6, 6.07) is 11.4. The van der Waals surface area contributed by atoms with Crippen LogP contribution in [-0.4, -0.2) is 94.7 Å². The third-order valence-corrected chi connectivity index (χ3v) is 8.15. The van der Waals surface area contributed by atoms with Crippen molar-refractivity contribution in [3.05, 3.63) is 59.2 Å². The molecule has 0 aliphatic carbocycles. The van der Waals surface area contributed by atoms with Crippen LogP contribution in [0.1, 0.15) is 28.7 Å². The predicted molar refractivity (Wildman–Crippen MR) is 150 cm³/mol. The number of phenolic OH excluding ortho intramolecular Hbond substituents is 1. The van der Waals surface area contributed by atoms with E-state index in [2.05, 4.69) is 0 Å². The molecule has 7 atom stereocenters. The summed E-state index contributed by atoms with van der Waals surface area (Å²) in [4.78, 5) is 11.6. The summed E-state index contributed by atoms with van der Waals surface area (Å²) in [6.45, 7) is 0.0750. The van der Waals surface area contributed by atoms with Gasteiger partial charge in [0.15, 0.2) is 17.6 Å². The number of rotatable bonds is 8. The molecule has 44 heavy (non-hydrogen) atoms. The molecule has 0 amide bonds. The molecule has 3 aromatic carbocycles. The smallest absolute Gasteiger partial charge is 0.335 e. The van der Waals surface area contributed by atoms with Crippen molar-refractivity contribution in [1.82, 2.24) is 0 Å². The highest BCUT2D eigenvalue weighted by atomic mass is 16.7. The van der Waals surface area contributed by atoms with E-state index in [4.69, 9.17) is 28.4 Å². The van der Waals surface area contributed by atoms with Gasteiger partial charge in [0.05, 0.1) is 26.7 Å². The Hall–Kier alpha value is -4.27. The fourth-order valence-corrected chi connectivity index (χ4v) is 6.13. The van der Waals surface area contributed by atoms with Crippen molar-refractivity contribution in [2.75, 3.05) is 27.4 Å². The maximum absolute atomic E-state index is 11.6. The molecule has 0 spiro atoms. The molecule has 6 N–H and O–H groups in total. The first-order valence-corrected chi connectivity index (χ1v) is 13.9. The van der Waals surface area contributed by atoms with Crippen LogP contribution in [0.5, 0.6) is 34.5 Å². The van der Waals surface area contributed by atoms with Crippen molar-refractivity contribution in [3.8, 4) is 45.6 Å². The van der Waals surface area contributed by atoms with Gasteiger partial charge in [-0.2, -0.15) is 0 Å². The molecular formula is C31H32O13. The lowest BCUT2D eigenvalue weighted by Gasteiger charge is -2.38. The Bertz CT molecular complexity index is 1570. The molecule has 0 radical (unpaired) electrons. The highest BCUT2D eigenvalue weighted by Crippen LogP contribution is 2.59. The van der Waals surface area contributed by atoms with E-state index in [0.29, 0.717) is 46.1 Å². The second-order valence-corrected chi connectivity index (χ2v) is 10.7. The fourth-order valence-electron chi connectivity index (χ4n) is 6.13. The zero-order valence-corrected chi connectivity index (χ0v) is 23.7. The Morgan fingerprint density at radius 2 is 1.80 bits per heavy atom. The Kier molecular flexibility index (Phi) is 7.90. The highest BCUT2D eigenvalue weighted by Gasteiger charge is 2.49. The molecule has 6 rings (SSSR count). The van der Waals surface area contributed by atoms with E-state index in [9.17, 15) is 35.4 Å². The maximum Gasteiger partial charge on any atom is 0.335 e. The van der Waals surface area contributed by atoms with E-state index >= 15 is 0 Å². The summed E-state index contributed by atoms with van der Waals surface area (Å²) in [5, 5.41) is 60.4. The van der Waals surface area contributed by atoms with Gasteiger partial charge in [-0.15, -0.1) is 0 Å². The van der Waals surface area contributed by atoms with Crippen LogP contribution >= 0.6 is 0 Å². The average Bonchev–Trinajstić information content (AvgIpc) is 3.40. The molecular weight excluding hydrogens is 580 g/mol. The average molecular weight is 613 g/mol. The molecule has 234 valence electrons. The first kappa shape index (κ1) is 29.8. The maximum atomic E-state index is 11.6. The third kappa shape index (κ3) is 4.92. The summed E-state index contributed by atoms with van der Waals surface area (Å²) < 4.78 is 35.2. The topological polar surface area (TPSA) is 194 Å². The third-order valence-electron chi connectivity index (χ3n) is 8.15. The minimum Gasteiger partial charge on any atom is -0.508 e. The van der Waals surface area contributed by atoms with Gasteiger partial charge in [0.2, 0.25) is 12.0 Å². The molecule has 3 aliphatic rings. The van der Waals surface area contributed by atoms with Gasteiger partial charge in [0, 0.05) is 23.8 Å². The number of benzene rings is 3. The van der Waals surface area contributed by atoms with Crippen LogP contribution in [-0.2, 0) is 16.0 Å². The standard InChI is InChI=1S/C31H32O13/c1-39-20-9-14(6-7-32)21-18-12-41-19-11-16(42-31-25(36)23(34)24(35)29(44-31)30(37)38)10-17(13-4-3-5-15(33)8-13)22(19)26(18)43-28(21)27(20)40-2/h3-5,8-11,18,23-26,29,31-36H,6-7,12H2,1-2H3,(H,37,38)/t18-,23-,24-,25+,26+,29-,31+/m0/s1. The largest absolute Gasteiger partial charge is 0.508 e. The highest BCUT2D eigenvalue weighted by molar-refractivity contribution is 5.76. The minimum atomic E-state index is -1.87. The van der Waals surface area contributed by atoms with E-state index in [1.807, 2.05) is 6.07 Å². The molecule has 3 aromatic rings. The van der Waals surface area contributed by atoms with E-state index < -0.39 is 42.8 Å². The van der Waals surface area contributed by atoms with Crippen molar-refractivity contribution < 1.29 is 63.9 Å². The number of aromatic hydroxyl groups is 1. The van der Waals surface area contributed by atoms with E-state index in [0.717, 1.165) is 11.1 Å². The number of aliphatic hydroxyl groups excluding tert-OH is 4. The number of fused-ring (bicyclic) bond motifs is 5. The zero-order valence-electron chi connectivity index (χ0n) is 23.7. The fraction of sp³-hybridized carbons (Fsp3) is 0.387. The van der Waals surface area contributed by atoms with Gasteiger partial charge < -0.3 is 59.1 Å². The molecule has 1 saturated heterocycles. The number of aliphatic hydroxyl groups is 4. The number of carboxylic acid groups (broad SMARTS) is 1. The van der Waals surface area contributed by atoms with Gasteiger partial charge in [0.1, 0.15) is 41.7 Å². The van der Waals surface area contributed by atoms with Gasteiger partial charge >= 0.3 is 5.97 Å².